The Labute approximate surface area is 63.8 Å². The lowest BCUT2D eigenvalue weighted by atomic mass is 10.4. The van der Waals surface area contributed by atoms with E-state index in [0.717, 1.165) is 0 Å². The molecule has 0 heterocycles. The van der Waals surface area contributed by atoms with Gasteiger partial charge in [-0.3, -0.25) is 0 Å². The zero-order chi connectivity index (χ0) is 8.91. The van der Waals surface area contributed by atoms with Gasteiger partial charge in [-0.1, -0.05) is 0 Å². The monoisotopic (exact) mass is 188 g/mol. The van der Waals surface area contributed by atoms with Gasteiger partial charge in [0.15, 0.2) is 0 Å². The first-order valence-electron chi connectivity index (χ1n) is 2.97. The second-order valence-electron chi connectivity index (χ2n) is 1.84. The van der Waals surface area contributed by atoms with Crippen molar-refractivity contribution in [1.82, 2.24) is 4.72 Å². The molecule has 0 bridgehead atoms. The molecule has 0 radical (unpaired) electrons. The van der Waals surface area contributed by atoms with Crippen molar-refractivity contribution in [2.24, 2.45) is 5.73 Å². The molecule has 0 amide bonds. The van der Waals surface area contributed by atoms with Gasteiger partial charge < -0.3 is 5.73 Å². The van der Waals surface area contributed by atoms with Crippen LogP contribution in [0.4, 0.5) is 8.78 Å². The van der Waals surface area contributed by atoms with E-state index in [-0.39, 0.29) is 13.1 Å². The molecule has 7 heteroatoms. The summed E-state index contributed by atoms with van der Waals surface area (Å²) in [6.07, 6.45) is 0.353. The minimum atomic E-state index is -4.41. The average Bonchev–Trinajstić information content (AvgIpc) is 1.88. The highest BCUT2D eigenvalue weighted by molar-refractivity contribution is 7.89. The third-order valence-corrected chi connectivity index (χ3v) is 1.99. The van der Waals surface area contributed by atoms with Gasteiger partial charge in [-0.05, 0) is 13.0 Å². The predicted molar refractivity (Wildman–Crippen MR) is 36.6 cm³/mol. The quantitative estimate of drug-likeness (QED) is 0.570. The maximum Gasteiger partial charge on any atom is 0.350 e. The first-order chi connectivity index (χ1) is 5.00. The minimum absolute atomic E-state index is 0.0385. The molecular formula is C4H10F2N2O2S. The summed E-state index contributed by atoms with van der Waals surface area (Å²) in [4.78, 5) is 0. The SMILES string of the molecule is NCCCNS(=O)(=O)C(F)F. The summed E-state index contributed by atoms with van der Waals surface area (Å²) in [5.41, 5.74) is 5.01. The van der Waals surface area contributed by atoms with E-state index in [0.29, 0.717) is 6.42 Å². The van der Waals surface area contributed by atoms with Crippen LogP contribution in [0.1, 0.15) is 6.42 Å². The van der Waals surface area contributed by atoms with Crippen molar-refractivity contribution < 1.29 is 17.2 Å². The summed E-state index contributed by atoms with van der Waals surface area (Å²) < 4.78 is 45.4. The highest BCUT2D eigenvalue weighted by atomic mass is 32.2. The van der Waals surface area contributed by atoms with Gasteiger partial charge in [0.1, 0.15) is 0 Å². The van der Waals surface area contributed by atoms with Crippen LogP contribution in [-0.4, -0.2) is 27.3 Å². The van der Waals surface area contributed by atoms with Gasteiger partial charge in [0.2, 0.25) is 0 Å². The van der Waals surface area contributed by atoms with Gasteiger partial charge in [0, 0.05) is 6.54 Å². The summed E-state index contributed by atoms with van der Waals surface area (Å²) in [6, 6.07) is 0. The third-order valence-electron chi connectivity index (χ3n) is 0.919. The normalized spacial score (nSPS) is 12.4. The van der Waals surface area contributed by atoms with Crippen LogP contribution in [0.2, 0.25) is 0 Å². The van der Waals surface area contributed by atoms with E-state index in [1.165, 1.54) is 0 Å². The Morgan fingerprint density at radius 2 is 2.00 bits per heavy atom. The zero-order valence-corrected chi connectivity index (χ0v) is 6.57. The second-order valence-corrected chi connectivity index (χ2v) is 3.58. The smallest absolute Gasteiger partial charge is 0.330 e. The Balaban J connectivity index is 3.75. The molecule has 3 N–H and O–H groups in total. The number of sulfonamides is 1. The Morgan fingerprint density at radius 3 is 2.36 bits per heavy atom. The van der Waals surface area contributed by atoms with Crippen molar-refractivity contribution in [1.29, 1.82) is 0 Å². The largest absolute Gasteiger partial charge is 0.350 e. The van der Waals surface area contributed by atoms with Gasteiger partial charge in [-0.2, -0.15) is 8.78 Å². The fourth-order valence-corrected chi connectivity index (χ4v) is 0.934. The molecule has 0 aliphatic rings. The van der Waals surface area contributed by atoms with E-state index < -0.39 is 15.8 Å². The van der Waals surface area contributed by atoms with E-state index in [4.69, 9.17) is 5.73 Å². The molecule has 0 atom stereocenters. The van der Waals surface area contributed by atoms with Crippen molar-refractivity contribution in [3.8, 4) is 0 Å². The average molecular weight is 188 g/mol. The standard InChI is InChI=1S/C4H10F2N2O2S/c5-4(6)11(9,10)8-3-1-2-7/h4,8H,1-3,7H2. The Bertz CT molecular complexity index is 192. The molecule has 0 saturated heterocycles. The summed E-state index contributed by atoms with van der Waals surface area (Å²) in [5, 5.41) is 0. The fraction of sp³-hybridized carbons (Fsp3) is 1.00. The molecule has 0 fully saturated rings. The van der Waals surface area contributed by atoms with Gasteiger partial charge in [-0.15, -0.1) is 0 Å². The van der Waals surface area contributed by atoms with Crippen molar-refractivity contribution in [2.75, 3.05) is 13.1 Å². The lowest BCUT2D eigenvalue weighted by molar-refractivity contribution is 0.232. The molecule has 0 aliphatic heterocycles. The molecule has 0 unspecified atom stereocenters. The van der Waals surface area contributed by atoms with E-state index in [1.807, 2.05) is 0 Å². The number of hydrogen-bond acceptors (Lipinski definition) is 3. The molecule has 0 aromatic rings. The number of nitrogens with one attached hydrogen (secondary N) is 1. The zero-order valence-electron chi connectivity index (χ0n) is 5.76. The van der Waals surface area contributed by atoms with E-state index in [2.05, 4.69) is 0 Å². The van der Waals surface area contributed by atoms with Crippen LogP contribution in [0.15, 0.2) is 0 Å². The lowest BCUT2D eigenvalue weighted by Crippen LogP contribution is -2.31. The van der Waals surface area contributed by atoms with Gasteiger partial charge in [0.05, 0.1) is 0 Å². The Morgan fingerprint density at radius 1 is 1.45 bits per heavy atom. The number of halogens is 2. The Kier molecular flexibility index (Phi) is 4.46. The molecule has 11 heavy (non-hydrogen) atoms. The van der Waals surface area contributed by atoms with Crippen molar-refractivity contribution in [2.45, 2.75) is 12.2 Å². The maximum atomic E-state index is 11.6. The number of hydrogen-bond donors (Lipinski definition) is 2. The molecule has 0 aromatic carbocycles. The molecule has 0 saturated carbocycles. The molecule has 68 valence electrons. The van der Waals surface area contributed by atoms with Crippen molar-refractivity contribution >= 4 is 10.0 Å². The summed E-state index contributed by atoms with van der Waals surface area (Å²) in [5.74, 6) is -3.36. The van der Waals surface area contributed by atoms with Gasteiger partial charge in [0.25, 0.3) is 10.0 Å². The van der Waals surface area contributed by atoms with E-state index in [1.54, 1.807) is 4.72 Å². The Hall–Kier alpha value is -0.270. The second kappa shape index (κ2) is 4.58. The fourth-order valence-electron chi connectivity index (χ4n) is 0.379. The van der Waals surface area contributed by atoms with Gasteiger partial charge in [-0.25, -0.2) is 13.1 Å². The van der Waals surface area contributed by atoms with Crippen LogP contribution in [0.3, 0.4) is 0 Å². The minimum Gasteiger partial charge on any atom is -0.330 e. The molecule has 0 aliphatic carbocycles. The summed E-state index contributed by atoms with van der Waals surface area (Å²) in [6.45, 7) is 0.231. The van der Waals surface area contributed by atoms with Crippen LogP contribution in [-0.2, 0) is 10.0 Å². The van der Waals surface area contributed by atoms with Crippen LogP contribution in [0.25, 0.3) is 0 Å². The molecule has 0 rings (SSSR count). The lowest BCUT2D eigenvalue weighted by Gasteiger charge is -2.02. The van der Waals surface area contributed by atoms with Crippen molar-refractivity contribution in [3.63, 3.8) is 0 Å². The number of rotatable bonds is 5. The highest BCUT2D eigenvalue weighted by Gasteiger charge is 2.22. The highest BCUT2D eigenvalue weighted by Crippen LogP contribution is 2.00. The third kappa shape index (κ3) is 4.23. The van der Waals surface area contributed by atoms with E-state index >= 15 is 0 Å². The van der Waals surface area contributed by atoms with Gasteiger partial charge >= 0.3 is 5.76 Å². The molecular weight excluding hydrogens is 178 g/mol. The first kappa shape index (κ1) is 10.7. The van der Waals surface area contributed by atoms with Crippen LogP contribution in [0, 0.1) is 0 Å². The van der Waals surface area contributed by atoms with Crippen LogP contribution in [0.5, 0.6) is 0 Å². The topological polar surface area (TPSA) is 72.2 Å². The first-order valence-corrected chi connectivity index (χ1v) is 4.52. The summed E-state index contributed by atoms with van der Waals surface area (Å²) >= 11 is 0. The van der Waals surface area contributed by atoms with E-state index in [9.17, 15) is 17.2 Å². The maximum absolute atomic E-state index is 11.6. The van der Waals surface area contributed by atoms with Crippen LogP contribution < -0.4 is 10.5 Å². The number of alkyl halides is 2. The molecule has 4 nitrogen and oxygen atoms in total. The molecule has 0 spiro atoms. The predicted octanol–water partition coefficient (Wildman–Crippen LogP) is -0.523. The molecule has 0 aromatic heterocycles. The summed E-state index contributed by atoms with van der Waals surface area (Å²) in [7, 11) is -4.41. The van der Waals surface area contributed by atoms with Crippen LogP contribution >= 0.6 is 0 Å². The van der Waals surface area contributed by atoms with Crippen molar-refractivity contribution in [3.05, 3.63) is 0 Å². The number of nitrogens with two attached hydrogens (primary N) is 1.